The highest BCUT2D eigenvalue weighted by Crippen LogP contribution is 2.45. The zero-order chi connectivity index (χ0) is 34.7. The fraction of sp³-hybridized carbons (Fsp3) is 0.515. The number of amides is 2. The van der Waals surface area contributed by atoms with Gasteiger partial charge >= 0.3 is 18.0 Å². The molecule has 1 aliphatic rings. The molecule has 13 nitrogen and oxygen atoms in total. The van der Waals surface area contributed by atoms with Gasteiger partial charge in [0.15, 0.2) is 23.4 Å². The number of hydrogen-bond donors (Lipinski definition) is 3. The van der Waals surface area contributed by atoms with E-state index in [0.717, 1.165) is 0 Å². The monoisotopic (exact) mass is 646 g/mol. The van der Waals surface area contributed by atoms with E-state index in [2.05, 4.69) is 5.32 Å². The van der Waals surface area contributed by atoms with Gasteiger partial charge in [0.25, 0.3) is 5.91 Å². The fourth-order valence-corrected chi connectivity index (χ4v) is 5.27. The molecule has 0 aromatic heterocycles. The first-order valence-corrected chi connectivity index (χ1v) is 14.8. The Morgan fingerprint density at radius 2 is 1.65 bits per heavy atom. The van der Waals surface area contributed by atoms with Crippen LogP contribution >= 0.6 is 0 Å². The number of carbonyl (C=O) groups excluding carboxylic acids is 4. The summed E-state index contributed by atoms with van der Waals surface area (Å²) in [5, 5.41) is 14.1. The number of methoxy groups -OCH3 is 3. The molecule has 6 unspecified atom stereocenters. The van der Waals surface area contributed by atoms with Gasteiger partial charge in [-0.1, -0.05) is 38.2 Å². The fourth-order valence-electron chi connectivity index (χ4n) is 5.27. The summed E-state index contributed by atoms with van der Waals surface area (Å²) in [6, 6.07) is 1.35. The van der Waals surface area contributed by atoms with Gasteiger partial charge in [0.2, 0.25) is 0 Å². The molecule has 13 heteroatoms. The van der Waals surface area contributed by atoms with E-state index < -0.39 is 54.3 Å². The van der Waals surface area contributed by atoms with Crippen molar-refractivity contribution in [1.82, 2.24) is 0 Å². The molecule has 254 valence electrons. The normalized spacial score (nSPS) is 24.6. The van der Waals surface area contributed by atoms with Crippen LogP contribution in [0.15, 0.2) is 41.5 Å². The molecule has 4 N–H and O–H groups in total. The molecule has 1 heterocycles. The third-order valence-electron chi connectivity index (χ3n) is 7.45. The zero-order valence-corrected chi connectivity index (χ0v) is 27.9. The Labute approximate surface area is 269 Å². The molecule has 2 rings (SSSR count). The average Bonchev–Trinajstić information content (AvgIpc) is 2.97. The van der Waals surface area contributed by atoms with E-state index >= 15 is 0 Å². The lowest BCUT2D eigenvalue weighted by atomic mass is 9.87. The number of ether oxygens (including phenoxy) is 6. The Bertz CT molecular complexity index is 1370. The maximum Gasteiger partial charge on any atom is 0.405 e. The van der Waals surface area contributed by atoms with Gasteiger partial charge in [0.05, 0.1) is 25.0 Å². The first kappa shape index (κ1) is 38.0. The molecule has 2 bridgehead atoms. The summed E-state index contributed by atoms with van der Waals surface area (Å²) in [6.07, 6.45) is 2.57. The summed E-state index contributed by atoms with van der Waals surface area (Å²) >= 11 is 0. The Hall–Kier alpha value is -4.20. The van der Waals surface area contributed by atoms with E-state index in [-0.39, 0.29) is 40.8 Å². The standard InChI is InChI=1S/C33H46N2O11/c1-17-13-23-30(45-22(6)37)24(16-27(31(23)43-9)44-21(5)36)35-32(39)18(2)11-10-12-25(41-7)29(46-33(34)40)20(4)15-19(3)28(38)26(14-17)42-8/h10-12,15-17,19,25-26,28-29,38H,13-14H2,1-9H3,(H2,34,40)(H,35,39). The highest BCUT2D eigenvalue weighted by atomic mass is 16.6. The smallest absolute Gasteiger partial charge is 0.405 e. The molecule has 0 aliphatic carbocycles. The van der Waals surface area contributed by atoms with Crippen LogP contribution in [-0.4, -0.2) is 74.8 Å². The quantitative estimate of drug-likeness (QED) is 0.231. The third-order valence-corrected chi connectivity index (χ3v) is 7.45. The Morgan fingerprint density at radius 3 is 2.20 bits per heavy atom. The van der Waals surface area contributed by atoms with Crippen molar-refractivity contribution >= 4 is 29.6 Å². The van der Waals surface area contributed by atoms with Gasteiger partial charge in [0, 0.05) is 51.2 Å². The van der Waals surface area contributed by atoms with Crippen LogP contribution < -0.4 is 25.3 Å². The number of anilines is 1. The van der Waals surface area contributed by atoms with Gasteiger partial charge in [-0.05, 0) is 38.2 Å². The minimum absolute atomic E-state index is 0.0109. The number of benzene rings is 1. The minimum Gasteiger partial charge on any atom is -0.492 e. The van der Waals surface area contributed by atoms with Crippen molar-refractivity contribution in [2.24, 2.45) is 17.6 Å². The van der Waals surface area contributed by atoms with Crippen molar-refractivity contribution < 1.29 is 52.7 Å². The summed E-state index contributed by atoms with van der Waals surface area (Å²) in [5.41, 5.74) is 6.62. The van der Waals surface area contributed by atoms with Crippen LogP contribution in [0.4, 0.5) is 10.5 Å². The van der Waals surface area contributed by atoms with Crippen molar-refractivity contribution in [2.75, 3.05) is 26.6 Å². The molecule has 1 aromatic carbocycles. The van der Waals surface area contributed by atoms with E-state index in [1.807, 2.05) is 6.92 Å². The van der Waals surface area contributed by atoms with E-state index in [0.29, 0.717) is 17.6 Å². The largest absolute Gasteiger partial charge is 0.492 e. The lowest BCUT2D eigenvalue weighted by Gasteiger charge is -2.30. The number of aliphatic hydroxyl groups is 1. The molecular formula is C33H46N2O11. The maximum atomic E-state index is 13.4. The summed E-state index contributed by atoms with van der Waals surface area (Å²) < 4.78 is 33.4. The second-order valence-corrected chi connectivity index (χ2v) is 11.3. The van der Waals surface area contributed by atoms with Gasteiger partial charge in [-0.3, -0.25) is 14.4 Å². The number of hydrogen-bond acceptors (Lipinski definition) is 11. The molecule has 0 radical (unpaired) electrons. The number of allylic oxidation sites excluding steroid dienone is 2. The summed E-state index contributed by atoms with van der Waals surface area (Å²) in [7, 11) is 4.30. The second kappa shape index (κ2) is 17.5. The maximum absolute atomic E-state index is 13.4. The van der Waals surface area contributed by atoms with E-state index in [1.165, 1.54) is 47.3 Å². The van der Waals surface area contributed by atoms with Crippen molar-refractivity contribution in [1.29, 1.82) is 0 Å². The Balaban J connectivity index is 2.84. The van der Waals surface area contributed by atoms with Crippen molar-refractivity contribution in [3.63, 3.8) is 0 Å². The summed E-state index contributed by atoms with van der Waals surface area (Å²) in [6.45, 7) is 9.43. The second-order valence-electron chi connectivity index (χ2n) is 11.3. The van der Waals surface area contributed by atoms with E-state index in [1.54, 1.807) is 39.0 Å². The minimum atomic E-state index is -1.01. The van der Waals surface area contributed by atoms with Crippen molar-refractivity contribution in [3.05, 3.63) is 47.1 Å². The summed E-state index contributed by atoms with van der Waals surface area (Å²) in [5.74, 6) is -2.36. The van der Waals surface area contributed by atoms with Crippen LogP contribution in [-0.2, 0) is 35.0 Å². The number of nitrogens with one attached hydrogen (secondary N) is 1. The number of aliphatic hydroxyl groups excluding tert-OH is 1. The molecule has 2 amide bonds. The first-order valence-electron chi connectivity index (χ1n) is 14.8. The molecule has 0 fully saturated rings. The highest BCUT2D eigenvalue weighted by Gasteiger charge is 2.31. The SMILES string of the molecule is COc1c(OC(C)=O)cc2c(OC(C)=O)c1CC(C)CC(OC)C(O)C(C)C=C(C)C(OC(N)=O)C(OC)C=CC=C(C)C(=O)N2. The number of esters is 2. The molecule has 0 saturated carbocycles. The Kier molecular flexibility index (Phi) is 14.4. The molecular weight excluding hydrogens is 600 g/mol. The van der Waals surface area contributed by atoms with E-state index in [4.69, 9.17) is 34.2 Å². The van der Waals surface area contributed by atoms with Crippen LogP contribution in [0.2, 0.25) is 0 Å². The molecule has 1 aromatic rings. The van der Waals surface area contributed by atoms with Crippen LogP contribution in [0.25, 0.3) is 0 Å². The number of rotatable bonds is 6. The predicted molar refractivity (Wildman–Crippen MR) is 170 cm³/mol. The first-order chi connectivity index (χ1) is 21.6. The zero-order valence-electron chi connectivity index (χ0n) is 27.9. The molecule has 6 atom stereocenters. The average molecular weight is 647 g/mol. The van der Waals surface area contributed by atoms with Crippen LogP contribution in [0, 0.1) is 11.8 Å². The number of carbonyl (C=O) groups is 4. The van der Waals surface area contributed by atoms with Gasteiger partial charge < -0.3 is 44.6 Å². The van der Waals surface area contributed by atoms with E-state index in [9.17, 15) is 24.3 Å². The number of fused-ring (bicyclic) bond motifs is 2. The van der Waals surface area contributed by atoms with Gasteiger partial charge in [-0.25, -0.2) is 4.79 Å². The lowest BCUT2D eigenvalue weighted by Crippen LogP contribution is -2.37. The topological polar surface area (TPSA) is 182 Å². The van der Waals surface area contributed by atoms with Crippen molar-refractivity contribution in [2.45, 2.75) is 78.8 Å². The van der Waals surface area contributed by atoms with Crippen LogP contribution in [0.1, 0.15) is 53.5 Å². The van der Waals surface area contributed by atoms with Crippen molar-refractivity contribution in [3.8, 4) is 17.2 Å². The third kappa shape index (κ3) is 10.4. The van der Waals surface area contributed by atoms with Crippen LogP contribution in [0.5, 0.6) is 17.2 Å². The molecule has 0 saturated heterocycles. The van der Waals surface area contributed by atoms with Crippen LogP contribution in [0.3, 0.4) is 0 Å². The summed E-state index contributed by atoms with van der Waals surface area (Å²) in [4.78, 5) is 49.4. The van der Waals surface area contributed by atoms with Gasteiger partial charge in [-0.2, -0.15) is 0 Å². The number of nitrogens with two attached hydrogens (primary N) is 1. The lowest BCUT2D eigenvalue weighted by molar-refractivity contribution is -0.133. The predicted octanol–water partition coefficient (Wildman–Crippen LogP) is 4.01. The number of primary amides is 1. The molecule has 1 aliphatic heterocycles. The van der Waals surface area contributed by atoms with Gasteiger partial charge in [0.1, 0.15) is 6.10 Å². The van der Waals surface area contributed by atoms with Gasteiger partial charge in [-0.15, -0.1) is 0 Å². The molecule has 0 spiro atoms. The molecule has 46 heavy (non-hydrogen) atoms. The highest BCUT2D eigenvalue weighted by molar-refractivity contribution is 6.05. The Morgan fingerprint density at radius 1 is 1.00 bits per heavy atom.